The molecule has 0 aromatic carbocycles. The van der Waals surface area contributed by atoms with Crippen molar-refractivity contribution in [1.29, 1.82) is 0 Å². The zero-order valence-electron chi connectivity index (χ0n) is 10.3. The fourth-order valence-electron chi connectivity index (χ4n) is 1.22. The summed E-state index contributed by atoms with van der Waals surface area (Å²) < 4.78 is 5.94. The van der Waals surface area contributed by atoms with Crippen LogP contribution in [0.4, 0.5) is 4.79 Å². The molecule has 0 aliphatic carbocycles. The molecule has 17 heavy (non-hydrogen) atoms. The summed E-state index contributed by atoms with van der Waals surface area (Å²) in [6, 6.07) is 3.83. The van der Waals surface area contributed by atoms with Crippen LogP contribution < -0.4 is 5.32 Å². The van der Waals surface area contributed by atoms with Crippen molar-refractivity contribution in [2.75, 3.05) is 6.54 Å². The minimum Gasteiger partial charge on any atom is -0.444 e. The molecule has 0 aliphatic heterocycles. The van der Waals surface area contributed by atoms with Gasteiger partial charge >= 0.3 is 6.09 Å². The Bertz CT molecular complexity index is 388. The highest BCUT2D eigenvalue weighted by molar-refractivity contribution is 9.10. The third-order valence-corrected chi connectivity index (χ3v) is 2.61. The molecule has 0 fully saturated rings. The highest BCUT2D eigenvalue weighted by Crippen LogP contribution is 2.12. The van der Waals surface area contributed by atoms with E-state index in [1.807, 2.05) is 32.9 Å². The Labute approximate surface area is 110 Å². The highest BCUT2D eigenvalue weighted by atomic mass is 79.9. The summed E-state index contributed by atoms with van der Waals surface area (Å²) in [6.07, 6.45) is 2.04. The first-order chi connectivity index (χ1) is 7.88. The molecule has 0 unspecified atom stereocenters. The Hall–Kier alpha value is -1.10. The summed E-state index contributed by atoms with van der Waals surface area (Å²) in [5, 5.41) is 2.71. The number of alkyl carbamates (subject to hydrolysis) is 1. The van der Waals surface area contributed by atoms with Crippen LogP contribution in [0.1, 0.15) is 26.3 Å². The van der Waals surface area contributed by atoms with Crippen molar-refractivity contribution in [2.24, 2.45) is 0 Å². The second-order valence-electron chi connectivity index (χ2n) is 4.63. The number of aromatic nitrogens is 1. The van der Waals surface area contributed by atoms with E-state index in [1.165, 1.54) is 0 Å². The predicted molar refractivity (Wildman–Crippen MR) is 69.9 cm³/mol. The molecule has 0 aliphatic rings. The average molecular weight is 301 g/mol. The molecule has 1 heterocycles. The van der Waals surface area contributed by atoms with E-state index in [-0.39, 0.29) is 0 Å². The van der Waals surface area contributed by atoms with Crippen molar-refractivity contribution in [3.63, 3.8) is 0 Å². The van der Waals surface area contributed by atoms with Gasteiger partial charge in [-0.3, -0.25) is 0 Å². The highest BCUT2D eigenvalue weighted by Gasteiger charge is 2.15. The van der Waals surface area contributed by atoms with Gasteiger partial charge in [-0.1, -0.05) is 6.07 Å². The summed E-state index contributed by atoms with van der Waals surface area (Å²) in [6.45, 7) is 6.04. The number of carbonyl (C=O) groups is 1. The Morgan fingerprint density at radius 3 is 2.82 bits per heavy atom. The molecule has 1 aromatic rings. The van der Waals surface area contributed by atoms with Gasteiger partial charge in [0.15, 0.2) is 0 Å². The van der Waals surface area contributed by atoms with E-state index in [4.69, 9.17) is 4.74 Å². The minimum absolute atomic E-state index is 0.391. The van der Waals surface area contributed by atoms with E-state index in [1.54, 1.807) is 6.20 Å². The van der Waals surface area contributed by atoms with Crippen LogP contribution in [0.3, 0.4) is 0 Å². The Kier molecular flexibility index (Phi) is 4.93. The second-order valence-corrected chi connectivity index (χ2v) is 5.38. The molecule has 0 spiro atoms. The zero-order chi connectivity index (χ0) is 12.9. The Morgan fingerprint density at radius 1 is 1.53 bits per heavy atom. The largest absolute Gasteiger partial charge is 0.444 e. The smallest absolute Gasteiger partial charge is 0.407 e. The summed E-state index contributed by atoms with van der Waals surface area (Å²) in [5.74, 6) is 0. The molecule has 1 N–H and O–H groups in total. The number of hydrogen-bond acceptors (Lipinski definition) is 3. The first-order valence-electron chi connectivity index (χ1n) is 5.45. The molecular formula is C12H17BrN2O2. The van der Waals surface area contributed by atoms with Crippen molar-refractivity contribution in [1.82, 2.24) is 10.3 Å². The number of carbonyl (C=O) groups excluding carboxylic acids is 1. The molecule has 94 valence electrons. The number of nitrogens with one attached hydrogen (secondary N) is 1. The van der Waals surface area contributed by atoms with Gasteiger partial charge in [0.2, 0.25) is 0 Å². The molecule has 1 amide bonds. The van der Waals surface area contributed by atoms with Crippen molar-refractivity contribution in [3.8, 4) is 0 Å². The molecule has 0 saturated heterocycles. The maximum Gasteiger partial charge on any atom is 0.407 e. The van der Waals surface area contributed by atoms with Gasteiger partial charge in [0, 0.05) is 12.7 Å². The van der Waals surface area contributed by atoms with E-state index in [0.717, 1.165) is 10.2 Å². The first-order valence-corrected chi connectivity index (χ1v) is 6.24. The van der Waals surface area contributed by atoms with E-state index < -0.39 is 11.7 Å². The van der Waals surface area contributed by atoms with Crippen LogP contribution in [0.15, 0.2) is 22.9 Å². The van der Waals surface area contributed by atoms with E-state index >= 15 is 0 Å². The number of amides is 1. The van der Waals surface area contributed by atoms with Crippen LogP contribution in [-0.4, -0.2) is 23.2 Å². The average Bonchev–Trinajstić information content (AvgIpc) is 2.18. The van der Waals surface area contributed by atoms with Crippen LogP contribution in [-0.2, 0) is 11.2 Å². The summed E-state index contributed by atoms with van der Waals surface area (Å²) >= 11 is 3.36. The van der Waals surface area contributed by atoms with Crippen molar-refractivity contribution in [3.05, 3.63) is 28.5 Å². The summed E-state index contributed by atoms with van der Waals surface area (Å²) in [4.78, 5) is 15.5. The number of hydrogen-bond donors (Lipinski definition) is 1. The van der Waals surface area contributed by atoms with Crippen molar-refractivity contribution >= 4 is 22.0 Å². The Balaban J connectivity index is 2.34. The monoisotopic (exact) mass is 300 g/mol. The van der Waals surface area contributed by atoms with Gasteiger partial charge in [-0.2, -0.15) is 0 Å². The topological polar surface area (TPSA) is 51.2 Å². The van der Waals surface area contributed by atoms with Gasteiger partial charge in [0.1, 0.15) is 10.2 Å². The molecule has 5 heteroatoms. The van der Waals surface area contributed by atoms with Crippen molar-refractivity contribution in [2.45, 2.75) is 32.8 Å². The maximum atomic E-state index is 11.4. The molecule has 4 nitrogen and oxygen atoms in total. The molecule has 0 saturated carbocycles. The standard InChI is InChI=1S/C12H17BrN2O2/c1-12(2,3)17-11(16)15-8-6-9-5-4-7-14-10(9)13/h4-5,7H,6,8H2,1-3H3,(H,15,16). The van der Waals surface area contributed by atoms with Crippen LogP contribution in [0, 0.1) is 0 Å². The van der Waals surface area contributed by atoms with E-state index in [2.05, 4.69) is 26.2 Å². The van der Waals surface area contributed by atoms with Crippen LogP contribution >= 0.6 is 15.9 Å². The molecular weight excluding hydrogens is 284 g/mol. The fraction of sp³-hybridized carbons (Fsp3) is 0.500. The van der Waals surface area contributed by atoms with Gasteiger partial charge < -0.3 is 10.1 Å². The van der Waals surface area contributed by atoms with Crippen LogP contribution in [0.2, 0.25) is 0 Å². The van der Waals surface area contributed by atoms with Gasteiger partial charge in [-0.15, -0.1) is 0 Å². The van der Waals surface area contributed by atoms with Crippen LogP contribution in [0.25, 0.3) is 0 Å². The first kappa shape index (κ1) is 14.0. The number of pyridine rings is 1. The lowest BCUT2D eigenvalue weighted by Gasteiger charge is -2.19. The van der Waals surface area contributed by atoms with Crippen LogP contribution in [0.5, 0.6) is 0 Å². The summed E-state index contributed by atoms with van der Waals surface area (Å²) in [7, 11) is 0. The van der Waals surface area contributed by atoms with Gasteiger partial charge in [0.25, 0.3) is 0 Å². The predicted octanol–water partition coefficient (Wildman–Crippen LogP) is 2.91. The zero-order valence-corrected chi connectivity index (χ0v) is 11.9. The lowest BCUT2D eigenvalue weighted by molar-refractivity contribution is 0.0528. The minimum atomic E-state index is -0.459. The third kappa shape index (κ3) is 5.68. The van der Waals surface area contributed by atoms with Crippen molar-refractivity contribution < 1.29 is 9.53 Å². The molecule has 0 atom stereocenters. The number of halogens is 1. The lowest BCUT2D eigenvalue weighted by Crippen LogP contribution is -2.33. The molecule has 1 aromatic heterocycles. The SMILES string of the molecule is CC(C)(C)OC(=O)NCCc1cccnc1Br. The quantitative estimate of drug-likeness (QED) is 0.873. The fourth-order valence-corrected chi connectivity index (χ4v) is 1.67. The second kappa shape index (κ2) is 6.00. The maximum absolute atomic E-state index is 11.4. The normalized spacial score (nSPS) is 11.1. The lowest BCUT2D eigenvalue weighted by atomic mass is 10.2. The van der Waals surface area contributed by atoms with E-state index in [0.29, 0.717) is 13.0 Å². The number of nitrogens with zero attached hydrogens (tertiary/aromatic N) is 1. The summed E-state index contributed by atoms with van der Waals surface area (Å²) in [5.41, 5.74) is 0.599. The van der Waals surface area contributed by atoms with E-state index in [9.17, 15) is 4.79 Å². The number of ether oxygens (including phenoxy) is 1. The van der Waals surface area contributed by atoms with Gasteiger partial charge in [-0.25, -0.2) is 9.78 Å². The van der Waals surface area contributed by atoms with Gasteiger partial charge in [0.05, 0.1) is 0 Å². The Morgan fingerprint density at radius 2 is 2.24 bits per heavy atom. The molecule has 1 rings (SSSR count). The molecule has 0 radical (unpaired) electrons. The third-order valence-electron chi connectivity index (χ3n) is 1.90. The molecule has 0 bridgehead atoms. The van der Waals surface area contributed by atoms with Gasteiger partial charge in [-0.05, 0) is 54.8 Å². The number of rotatable bonds is 3.